The zero-order valence-corrected chi connectivity index (χ0v) is 10.4. The molecule has 2 N–H and O–H groups in total. The lowest BCUT2D eigenvalue weighted by molar-refractivity contribution is 0.399. The van der Waals surface area contributed by atoms with Crippen molar-refractivity contribution in [3.05, 3.63) is 53.2 Å². The Hall–Kier alpha value is -1.81. The van der Waals surface area contributed by atoms with Crippen LogP contribution in [0.5, 0.6) is 5.75 Å². The molecule has 0 spiro atoms. The smallest absolute Gasteiger partial charge is 0.125 e. The van der Waals surface area contributed by atoms with E-state index >= 15 is 0 Å². The number of furan rings is 1. The Labute approximate surface area is 105 Å². The second kappa shape index (κ2) is 5.23. The van der Waals surface area contributed by atoms with Crippen LogP contribution in [0.4, 0.5) is 4.39 Å². The van der Waals surface area contributed by atoms with Crippen LogP contribution in [0.25, 0.3) is 0 Å². The van der Waals surface area contributed by atoms with E-state index in [9.17, 15) is 4.39 Å². The van der Waals surface area contributed by atoms with Gasteiger partial charge in [0.05, 0.1) is 13.2 Å². The summed E-state index contributed by atoms with van der Waals surface area (Å²) in [7, 11) is 1.53. The fraction of sp³-hybridized carbons (Fsp3) is 0.286. The van der Waals surface area contributed by atoms with Gasteiger partial charge < -0.3 is 14.9 Å². The minimum Gasteiger partial charge on any atom is -0.496 e. The van der Waals surface area contributed by atoms with Gasteiger partial charge in [0.15, 0.2) is 0 Å². The van der Waals surface area contributed by atoms with E-state index in [1.807, 2.05) is 19.1 Å². The van der Waals surface area contributed by atoms with Crippen LogP contribution in [0, 0.1) is 5.82 Å². The molecule has 2 rings (SSSR count). The van der Waals surface area contributed by atoms with Gasteiger partial charge in [-0.1, -0.05) is 6.92 Å². The normalized spacial score (nSPS) is 12.4. The number of aryl methyl sites for hydroxylation is 1. The lowest BCUT2D eigenvalue weighted by atomic mass is 10.0. The Morgan fingerprint density at radius 1 is 1.33 bits per heavy atom. The molecule has 3 nitrogen and oxygen atoms in total. The van der Waals surface area contributed by atoms with E-state index in [0.717, 1.165) is 12.2 Å². The molecule has 96 valence electrons. The monoisotopic (exact) mass is 249 g/mol. The zero-order valence-electron chi connectivity index (χ0n) is 10.4. The Bertz CT molecular complexity index is 536. The maximum absolute atomic E-state index is 13.3. The highest BCUT2D eigenvalue weighted by atomic mass is 19.1. The van der Waals surface area contributed by atoms with Gasteiger partial charge in [0.2, 0.25) is 0 Å². The Kier molecular flexibility index (Phi) is 3.67. The van der Waals surface area contributed by atoms with Crippen LogP contribution in [0.1, 0.15) is 30.0 Å². The van der Waals surface area contributed by atoms with E-state index in [4.69, 9.17) is 14.9 Å². The fourth-order valence-corrected chi connectivity index (χ4v) is 1.85. The highest BCUT2D eigenvalue weighted by Crippen LogP contribution is 2.29. The summed E-state index contributed by atoms with van der Waals surface area (Å²) in [6, 6.07) is 7.44. The van der Waals surface area contributed by atoms with Gasteiger partial charge in [-0.05, 0) is 30.3 Å². The van der Waals surface area contributed by atoms with Crippen LogP contribution in [0.15, 0.2) is 34.7 Å². The second-order valence-electron chi connectivity index (χ2n) is 4.02. The molecular weight excluding hydrogens is 233 g/mol. The van der Waals surface area contributed by atoms with Crippen LogP contribution in [0.2, 0.25) is 0 Å². The molecule has 0 saturated heterocycles. The summed E-state index contributed by atoms with van der Waals surface area (Å²) in [6.07, 6.45) is 0.799. The predicted octanol–water partition coefficient (Wildman–Crippen LogP) is 3.04. The van der Waals surface area contributed by atoms with Gasteiger partial charge in [-0.25, -0.2) is 4.39 Å². The molecule has 1 unspecified atom stereocenters. The van der Waals surface area contributed by atoms with Crippen molar-refractivity contribution in [1.82, 2.24) is 0 Å². The number of ether oxygens (including phenoxy) is 1. The average Bonchev–Trinajstić information content (AvgIpc) is 2.86. The first kappa shape index (κ1) is 12.6. The lowest BCUT2D eigenvalue weighted by Gasteiger charge is -2.13. The molecule has 2 aromatic rings. The molecule has 0 fully saturated rings. The summed E-state index contributed by atoms with van der Waals surface area (Å²) in [5.41, 5.74) is 6.67. The van der Waals surface area contributed by atoms with Gasteiger partial charge in [0, 0.05) is 12.0 Å². The summed E-state index contributed by atoms with van der Waals surface area (Å²) in [4.78, 5) is 0. The minimum atomic E-state index is -0.532. The van der Waals surface area contributed by atoms with E-state index in [-0.39, 0.29) is 5.82 Å². The Balaban J connectivity index is 2.38. The number of rotatable bonds is 4. The molecule has 0 amide bonds. The van der Waals surface area contributed by atoms with Crippen LogP contribution >= 0.6 is 0 Å². The summed E-state index contributed by atoms with van der Waals surface area (Å²) in [5.74, 6) is 1.67. The molecule has 0 bridgehead atoms. The first-order chi connectivity index (χ1) is 8.65. The Morgan fingerprint density at radius 2 is 2.11 bits per heavy atom. The quantitative estimate of drug-likeness (QED) is 0.906. The van der Waals surface area contributed by atoms with Gasteiger partial charge in [-0.3, -0.25) is 0 Å². The zero-order chi connectivity index (χ0) is 13.1. The number of hydrogen-bond donors (Lipinski definition) is 1. The van der Waals surface area contributed by atoms with Crippen LogP contribution in [-0.4, -0.2) is 7.11 Å². The molecule has 18 heavy (non-hydrogen) atoms. The van der Waals surface area contributed by atoms with Gasteiger partial charge >= 0.3 is 0 Å². The summed E-state index contributed by atoms with van der Waals surface area (Å²) in [5, 5.41) is 0. The summed E-state index contributed by atoms with van der Waals surface area (Å²) in [6.45, 7) is 2.00. The van der Waals surface area contributed by atoms with E-state index in [2.05, 4.69) is 0 Å². The molecule has 0 aliphatic rings. The van der Waals surface area contributed by atoms with Gasteiger partial charge in [-0.15, -0.1) is 0 Å². The first-order valence-corrected chi connectivity index (χ1v) is 5.83. The van der Waals surface area contributed by atoms with Crippen LogP contribution in [0.3, 0.4) is 0 Å². The molecule has 0 aliphatic carbocycles. The largest absolute Gasteiger partial charge is 0.496 e. The molecule has 1 heterocycles. The molecule has 1 aromatic carbocycles. The van der Waals surface area contributed by atoms with Crippen molar-refractivity contribution in [2.45, 2.75) is 19.4 Å². The molecule has 0 aliphatic heterocycles. The minimum absolute atomic E-state index is 0.344. The van der Waals surface area contributed by atoms with Crippen molar-refractivity contribution in [3.63, 3.8) is 0 Å². The highest BCUT2D eigenvalue weighted by molar-refractivity contribution is 5.39. The number of halogens is 1. The maximum Gasteiger partial charge on any atom is 0.125 e. The number of nitrogens with two attached hydrogens (primary N) is 1. The van der Waals surface area contributed by atoms with Crippen molar-refractivity contribution >= 4 is 0 Å². The number of methoxy groups -OCH3 is 1. The third kappa shape index (κ3) is 2.38. The van der Waals surface area contributed by atoms with Crippen molar-refractivity contribution < 1.29 is 13.5 Å². The molecular formula is C14H16FNO2. The van der Waals surface area contributed by atoms with Gasteiger partial charge in [0.25, 0.3) is 0 Å². The van der Waals surface area contributed by atoms with E-state index in [0.29, 0.717) is 17.1 Å². The third-order valence-electron chi connectivity index (χ3n) is 2.86. The molecule has 1 atom stereocenters. The fourth-order valence-electron chi connectivity index (χ4n) is 1.85. The number of benzene rings is 1. The topological polar surface area (TPSA) is 48.4 Å². The number of hydrogen-bond acceptors (Lipinski definition) is 3. The van der Waals surface area contributed by atoms with E-state index in [1.54, 1.807) is 6.07 Å². The molecule has 0 radical (unpaired) electrons. The van der Waals surface area contributed by atoms with Crippen molar-refractivity contribution in [2.75, 3.05) is 7.11 Å². The Morgan fingerprint density at radius 3 is 2.72 bits per heavy atom. The van der Waals surface area contributed by atoms with E-state index < -0.39 is 6.04 Å². The van der Waals surface area contributed by atoms with Crippen molar-refractivity contribution in [1.29, 1.82) is 0 Å². The second-order valence-corrected chi connectivity index (χ2v) is 4.02. The predicted molar refractivity (Wildman–Crippen MR) is 67.1 cm³/mol. The maximum atomic E-state index is 13.3. The summed E-state index contributed by atoms with van der Waals surface area (Å²) < 4.78 is 24.1. The molecule has 1 aromatic heterocycles. The van der Waals surface area contributed by atoms with Crippen molar-refractivity contribution in [2.24, 2.45) is 5.73 Å². The molecule has 0 saturated carbocycles. The SMILES string of the molecule is CCc1ccc(C(N)c2cc(F)ccc2OC)o1. The highest BCUT2D eigenvalue weighted by Gasteiger charge is 2.18. The van der Waals surface area contributed by atoms with Crippen LogP contribution in [-0.2, 0) is 6.42 Å². The average molecular weight is 249 g/mol. The van der Waals surface area contributed by atoms with Crippen LogP contribution < -0.4 is 10.5 Å². The first-order valence-electron chi connectivity index (χ1n) is 5.83. The lowest BCUT2D eigenvalue weighted by Crippen LogP contribution is -2.12. The van der Waals surface area contributed by atoms with E-state index in [1.165, 1.54) is 19.2 Å². The standard InChI is InChI=1S/C14H16FNO2/c1-3-10-5-7-13(18-10)14(16)11-8-9(15)4-6-12(11)17-2/h4-8,14H,3,16H2,1-2H3. The van der Waals surface area contributed by atoms with Gasteiger partial charge in [0.1, 0.15) is 23.1 Å². The molecule has 4 heteroatoms. The third-order valence-corrected chi connectivity index (χ3v) is 2.86. The van der Waals surface area contributed by atoms with Gasteiger partial charge in [-0.2, -0.15) is 0 Å². The summed E-state index contributed by atoms with van der Waals surface area (Å²) >= 11 is 0. The van der Waals surface area contributed by atoms with Crippen molar-refractivity contribution in [3.8, 4) is 5.75 Å².